The van der Waals surface area contributed by atoms with E-state index in [-0.39, 0.29) is 0 Å². The van der Waals surface area contributed by atoms with Crippen LogP contribution in [0.1, 0.15) is 29.7 Å². The zero-order valence-electron chi connectivity index (χ0n) is 20.2. The lowest BCUT2D eigenvalue weighted by atomic mass is 9.92. The molecule has 0 unspecified atom stereocenters. The predicted octanol–water partition coefficient (Wildman–Crippen LogP) is 4.12. The number of anilines is 1. The normalized spacial score (nSPS) is 15.0. The summed E-state index contributed by atoms with van der Waals surface area (Å²) >= 11 is 0. The Bertz CT molecular complexity index is 1440. The minimum atomic E-state index is 0.512. The van der Waals surface area contributed by atoms with Crippen molar-refractivity contribution in [2.24, 2.45) is 16.6 Å². The van der Waals surface area contributed by atoms with Gasteiger partial charge in [-0.05, 0) is 55.5 Å². The second-order valence-corrected chi connectivity index (χ2v) is 8.98. The molecule has 1 fully saturated rings. The maximum atomic E-state index is 9.65. The molecule has 0 aliphatic carbocycles. The van der Waals surface area contributed by atoms with Gasteiger partial charge in [0.15, 0.2) is 0 Å². The molecule has 0 atom stereocenters. The van der Waals surface area contributed by atoms with Gasteiger partial charge in [-0.15, -0.1) is 0 Å². The highest BCUT2D eigenvalue weighted by Crippen LogP contribution is 2.31. The lowest BCUT2D eigenvalue weighted by Crippen LogP contribution is -2.34. The molecular formula is C28H28N8. The molecule has 1 aliphatic rings. The van der Waals surface area contributed by atoms with E-state index in [1.165, 1.54) is 11.9 Å². The third kappa shape index (κ3) is 4.68. The Morgan fingerprint density at radius 1 is 1.19 bits per heavy atom. The molecule has 0 spiro atoms. The first-order chi connectivity index (χ1) is 17.7. The number of hydrogen-bond acceptors (Lipinski definition) is 7. The monoisotopic (exact) mass is 476 g/mol. The summed E-state index contributed by atoms with van der Waals surface area (Å²) in [7, 11) is 1.70. The first-order valence-corrected chi connectivity index (χ1v) is 12.1. The number of rotatable bonds is 6. The van der Waals surface area contributed by atoms with Gasteiger partial charge in [0, 0.05) is 79.1 Å². The molecular weight excluding hydrogens is 448 g/mol. The highest BCUT2D eigenvalue weighted by molar-refractivity contribution is 6.10. The van der Waals surface area contributed by atoms with E-state index in [2.05, 4.69) is 50.3 Å². The smallest absolute Gasteiger partial charge is 0.128 e. The van der Waals surface area contributed by atoms with Gasteiger partial charge >= 0.3 is 0 Å². The van der Waals surface area contributed by atoms with E-state index in [0.29, 0.717) is 11.5 Å². The van der Waals surface area contributed by atoms with Crippen molar-refractivity contribution < 1.29 is 0 Å². The molecule has 8 nitrogen and oxygen atoms in total. The molecule has 0 amide bonds. The lowest BCUT2D eigenvalue weighted by Gasteiger charge is -2.32. The molecule has 4 aromatic rings. The number of nitrogens with two attached hydrogens (primary N) is 1. The van der Waals surface area contributed by atoms with Gasteiger partial charge in [-0.2, -0.15) is 10.4 Å². The highest BCUT2D eigenvalue weighted by atomic mass is 15.2. The Morgan fingerprint density at radius 2 is 2.06 bits per heavy atom. The van der Waals surface area contributed by atoms with Crippen molar-refractivity contribution in [2.45, 2.75) is 19.3 Å². The number of hydrogen-bond donors (Lipinski definition) is 1. The molecule has 5 rings (SSSR count). The van der Waals surface area contributed by atoms with Crippen LogP contribution < -0.4 is 10.6 Å². The summed E-state index contributed by atoms with van der Waals surface area (Å²) in [6.07, 6.45) is 13.7. The van der Waals surface area contributed by atoms with Crippen molar-refractivity contribution in [2.75, 3.05) is 25.0 Å². The van der Waals surface area contributed by atoms with Gasteiger partial charge in [0.05, 0.1) is 17.3 Å². The van der Waals surface area contributed by atoms with Crippen molar-refractivity contribution in [3.05, 3.63) is 84.2 Å². The fourth-order valence-corrected chi connectivity index (χ4v) is 4.85. The van der Waals surface area contributed by atoms with Crippen LogP contribution in [-0.4, -0.2) is 45.9 Å². The number of fused-ring (bicyclic) bond motifs is 1. The molecule has 8 heteroatoms. The third-order valence-electron chi connectivity index (χ3n) is 6.73. The molecule has 2 N–H and O–H groups in total. The number of pyridine rings is 3. The lowest BCUT2D eigenvalue weighted by molar-refractivity contribution is 0.399. The van der Waals surface area contributed by atoms with Crippen LogP contribution >= 0.6 is 0 Å². The average molecular weight is 477 g/mol. The number of aliphatic imine (C=N–C) groups is 1. The van der Waals surface area contributed by atoms with Crippen LogP contribution in [0.15, 0.2) is 72.4 Å². The van der Waals surface area contributed by atoms with E-state index < -0.39 is 0 Å². The Balaban J connectivity index is 1.39. The maximum absolute atomic E-state index is 9.65. The minimum Gasteiger partial charge on any atom is -0.404 e. The van der Waals surface area contributed by atoms with Crippen LogP contribution in [0.4, 0.5) is 5.82 Å². The van der Waals surface area contributed by atoms with Crippen LogP contribution in [0.2, 0.25) is 0 Å². The van der Waals surface area contributed by atoms with Crippen molar-refractivity contribution in [3.63, 3.8) is 0 Å². The highest BCUT2D eigenvalue weighted by Gasteiger charge is 2.21. The zero-order chi connectivity index (χ0) is 24.9. The fraction of sp³-hybridized carbons (Fsp3) is 0.250. The summed E-state index contributed by atoms with van der Waals surface area (Å²) in [6.45, 7) is 1.96. The molecule has 1 aliphatic heterocycles. The molecule has 4 aromatic heterocycles. The molecule has 36 heavy (non-hydrogen) atoms. The Hall–Kier alpha value is -4.51. The van der Waals surface area contributed by atoms with Gasteiger partial charge < -0.3 is 10.6 Å². The molecule has 1 saturated heterocycles. The van der Waals surface area contributed by atoms with Crippen LogP contribution in [0.25, 0.3) is 22.2 Å². The second kappa shape index (κ2) is 10.4. The number of nitrogens with zero attached hydrogens (tertiary/aromatic N) is 7. The van der Waals surface area contributed by atoms with Crippen LogP contribution in [0.3, 0.4) is 0 Å². The topological polar surface area (TPSA) is 108 Å². The van der Waals surface area contributed by atoms with Gasteiger partial charge in [-0.1, -0.05) is 6.07 Å². The van der Waals surface area contributed by atoms with E-state index in [1.807, 2.05) is 30.7 Å². The molecule has 0 bridgehead atoms. The van der Waals surface area contributed by atoms with Crippen molar-refractivity contribution in [1.29, 1.82) is 5.26 Å². The maximum Gasteiger partial charge on any atom is 0.128 e. The standard InChI is InChI=1S/C28H28N8/c1-31-16-23(14-29)22-13-26(28-24(15-30)18-34-36(28)19-22)21-5-6-27(33-17-21)35-10-7-20(8-11-35)12-25-4-2-3-9-32-25/h2-6,9,13-14,16-20H,7-8,10-12,29H2,1H3. The Morgan fingerprint density at radius 3 is 2.72 bits per heavy atom. The van der Waals surface area contributed by atoms with Crippen LogP contribution in [-0.2, 0) is 6.42 Å². The number of piperidine rings is 1. The molecule has 0 saturated carbocycles. The van der Waals surface area contributed by atoms with Crippen molar-refractivity contribution >= 4 is 23.1 Å². The van der Waals surface area contributed by atoms with Gasteiger partial charge in [-0.3, -0.25) is 9.98 Å². The number of nitriles is 1. The summed E-state index contributed by atoms with van der Waals surface area (Å²) in [5.74, 6) is 1.62. The van der Waals surface area contributed by atoms with E-state index in [0.717, 1.165) is 66.0 Å². The first-order valence-electron chi connectivity index (χ1n) is 12.1. The van der Waals surface area contributed by atoms with Gasteiger partial charge in [-0.25, -0.2) is 9.50 Å². The third-order valence-corrected chi connectivity index (χ3v) is 6.73. The minimum absolute atomic E-state index is 0.512. The number of aromatic nitrogens is 4. The quantitative estimate of drug-likeness (QED) is 0.419. The summed E-state index contributed by atoms with van der Waals surface area (Å²) in [4.78, 5) is 15.7. The summed E-state index contributed by atoms with van der Waals surface area (Å²) in [5.41, 5.74) is 11.7. The van der Waals surface area contributed by atoms with E-state index in [1.54, 1.807) is 24.0 Å². The Labute approximate surface area is 210 Å². The summed E-state index contributed by atoms with van der Waals surface area (Å²) in [5, 5.41) is 14.0. The Kier molecular flexibility index (Phi) is 6.72. The summed E-state index contributed by atoms with van der Waals surface area (Å²) < 4.78 is 1.72. The van der Waals surface area contributed by atoms with Gasteiger partial charge in [0.25, 0.3) is 0 Å². The molecule has 180 valence electrons. The average Bonchev–Trinajstić information content (AvgIpc) is 3.35. The molecule has 0 radical (unpaired) electrons. The van der Waals surface area contributed by atoms with E-state index in [9.17, 15) is 5.26 Å². The number of allylic oxidation sites excluding steroid dienone is 1. The molecule has 5 heterocycles. The summed E-state index contributed by atoms with van der Waals surface area (Å²) in [6, 6.07) is 14.5. The van der Waals surface area contributed by atoms with Crippen molar-refractivity contribution in [3.8, 4) is 17.2 Å². The SMILES string of the molecule is CN=CC(=CN)c1cc(-c2ccc(N3CCC(Cc4ccccn4)CC3)nc2)c2c(C#N)cnn2c1. The molecule has 0 aromatic carbocycles. The first kappa shape index (κ1) is 23.2. The van der Waals surface area contributed by atoms with Crippen molar-refractivity contribution in [1.82, 2.24) is 19.6 Å². The fourth-order valence-electron chi connectivity index (χ4n) is 4.85. The van der Waals surface area contributed by atoms with Gasteiger partial charge in [0.2, 0.25) is 0 Å². The van der Waals surface area contributed by atoms with E-state index in [4.69, 9.17) is 10.7 Å². The zero-order valence-corrected chi connectivity index (χ0v) is 20.2. The van der Waals surface area contributed by atoms with Crippen LogP contribution in [0.5, 0.6) is 0 Å². The van der Waals surface area contributed by atoms with Crippen LogP contribution in [0, 0.1) is 17.2 Å². The van der Waals surface area contributed by atoms with E-state index >= 15 is 0 Å². The largest absolute Gasteiger partial charge is 0.404 e. The predicted molar refractivity (Wildman–Crippen MR) is 143 cm³/mol. The van der Waals surface area contributed by atoms with Gasteiger partial charge in [0.1, 0.15) is 11.9 Å². The second-order valence-electron chi connectivity index (χ2n) is 8.98.